The number of carbonyl (C=O) groups excluding carboxylic acids is 3. The number of ether oxygens (including phenoxy) is 1. The number of aliphatic hydroxyl groups is 1. The molecule has 2 fully saturated rings. The maximum atomic E-state index is 14.4. The molecule has 4 aliphatic rings. The van der Waals surface area contributed by atoms with Crippen LogP contribution in [0.2, 0.25) is 0 Å². The van der Waals surface area contributed by atoms with Gasteiger partial charge in [-0.05, 0) is 31.7 Å². The third-order valence-electron chi connectivity index (χ3n) is 9.28. The highest BCUT2D eigenvalue weighted by Gasteiger charge is 2.74. The van der Waals surface area contributed by atoms with Gasteiger partial charge >= 0.3 is 0 Å². The molecule has 3 amide bonds. The van der Waals surface area contributed by atoms with Gasteiger partial charge in [-0.15, -0.1) is 0 Å². The summed E-state index contributed by atoms with van der Waals surface area (Å²) in [5, 5.41) is 9.18. The minimum atomic E-state index is -1.20. The largest absolute Gasteiger partial charge is 0.396 e. The van der Waals surface area contributed by atoms with Crippen molar-refractivity contribution in [2.45, 2.75) is 82.6 Å². The first kappa shape index (κ1) is 29.5. The molecule has 0 aliphatic carbocycles. The molecular formula is C33H45N3O5. The van der Waals surface area contributed by atoms with Crippen molar-refractivity contribution in [2.75, 3.05) is 32.8 Å². The third kappa shape index (κ3) is 5.48. The molecule has 0 bridgehead atoms. The molecule has 4 heterocycles. The monoisotopic (exact) mass is 563 g/mol. The van der Waals surface area contributed by atoms with Crippen LogP contribution in [0.15, 0.2) is 54.6 Å². The topological polar surface area (TPSA) is 90.4 Å². The van der Waals surface area contributed by atoms with E-state index in [4.69, 9.17) is 4.74 Å². The number of hydrogen-bond acceptors (Lipinski definition) is 5. The van der Waals surface area contributed by atoms with Gasteiger partial charge in [0.25, 0.3) is 0 Å². The molecular weight excluding hydrogens is 518 g/mol. The van der Waals surface area contributed by atoms with Crippen molar-refractivity contribution < 1.29 is 24.2 Å². The normalized spacial score (nSPS) is 30.9. The zero-order valence-corrected chi connectivity index (χ0v) is 24.5. The van der Waals surface area contributed by atoms with Gasteiger partial charge in [0.15, 0.2) is 0 Å². The van der Waals surface area contributed by atoms with E-state index in [1.807, 2.05) is 71.4 Å². The van der Waals surface area contributed by atoms with Crippen LogP contribution in [0.5, 0.6) is 0 Å². The van der Waals surface area contributed by atoms with E-state index in [2.05, 4.69) is 6.92 Å². The highest BCUT2D eigenvalue weighted by molar-refractivity contribution is 6.00. The fraction of sp³-hybridized carbons (Fsp3) is 0.606. The summed E-state index contributed by atoms with van der Waals surface area (Å²) in [5.74, 6) is -1.87. The van der Waals surface area contributed by atoms with Crippen LogP contribution in [0, 0.1) is 11.8 Å². The molecule has 41 heavy (non-hydrogen) atoms. The molecule has 1 spiro atoms. The van der Waals surface area contributed by atoms with Crippen molar-refractivity contribution in [3.05, 3.63) is 60.2 Å². The van der Waals surface area contributed by atoms with Crippen LogP contribution in [0.1, 0.15) is 64.4 Å². The van der Waals surface area contributed by atoms with Gasteiger partial charge in [0.2, 0.25) is 17.7 Å². The van der Waals surface area contributed by atoms with Crippen LogP contribution >= 0.6 is 0 Å². The zero-order valence-electron chi connectivity index (χ0n) is 24.5. The first-order valence-electron chi connectivity index (χ1n) is 15.4. The third-order valence-corrected chi connectivity index (χ3v) is 9.28. The van der Waals surface area contributed by atoms with E-state index >= 15 is 0 Å². The van der Waals surface area contributed by atoms with Crippen LogP contribution in [-0.4, -0.2) is 87.6 Å². The quantitative estimate of drug-likeness (QED) is 0.310. The fourth-order valence-electron chi connectivity index (χ4n) is 7.31. The molecule has 5 rings (SSSR count). The minimum Gasteiger partial charge on any atom is -0.396 e. The lowest BCUT2D eigenvalue weighted by Crippen LogP contribution is -2.56. The van der Waals surface area contributed by atoms with Gasteiger partial charge in [0.1, 0.15) is 11.6 Å². The van der Waals surface area contributed by atoms with E-state index in [0.717, 1.165) is 50.5 Å². The molecule has 2 saturated heterocycles. The minimum absolute atomic E-state index is 0.0880. The fourth-order valence-corrected chi connectivity index (χ4v) is 7.31. The van der Waals surface area contributed by atoms with Gasteiger partial charge in [-0.1, -0.05) is 87.2 Å². The maximum absolute atomic E-state index is 14.4. The van der Waals surface area contributed by atoms with Crippen molar-refractivity contribution in [3.63, 3.8) is 0 Å². The van der Waals surface area contributed by atoms with Crippen molar-refractivity contribution >= 4 is 17.7 Å². The van der Waals surface area contributed by atoms with Gasteiger partial charge < -0.3 is 24.5 Å². The molecule has 1 N–H and O–H groups in total. The second-order valence-electron chi connectivity index (χ2n) is 12.2. The number of amides is 3. The molecule has 0 radical (unpaired) electrons. The molecule has 1 aromatic carbocycles. The van der Waals surface area contributed by atoms with Crippen molar-refractivity contribution in [3.8, 4) is 0 Å². The summed E-state index contributed by atoms with van der Waals surface area (Å²) in [6.07, 6.45) is 14.0. The van der Waals surface area contributed by atoms with Crippen molar-refractivity contribution in [1.29, 1.82) is 0 Å². The lowest BCUT2D eigenvalue weighted by Gasteiger charge is -2.37. The number of nitrogens with zero attached hydrogens (tertiary/aromatic N) is 3. The standard InChI is InChI=1S/C33H45N3O5/c1-3-4-10-19-34-20-14-18-33-27(30(39)36(28(33)31(34)40)22-11-5-6-12-23-37)26-29(38)35(21-13-17-32(26,2)41-33)24-25-15-8-7-9-16-25/h7-9,13-18,26-28,37H,3-6,10-12,19-24H2,1-2H3/t26-,27+,28?,32+,33+/m1/s1. The Bertz CT molecular complexity index is 1170. The second-order valence-corrected chi connectivity index (χ2v) is 12.2. The Kier molecular flexibility index (Phi) is 9.00. The maximum Gasteiger partial charge on any atom is 0.249 e. The van der Waals surface area contributed by atoms with E-state index in [1.54, 1.807) is 4.90 Å². The predicted octanol–water partition coefficient (Wildman–Crippen LogP) is 3.70. The SMILES string of the molecule is CCCCCN1CC=C[C@]23O[C@@]4(C)C=CCN(Cc5ccccc5)C(=O)[C@H]4[C@H]2C(=O)N(CCCCCCO)C3C1=O. The predicted molar refractivity (Wildman–Crippen MR) is 156 cm³/mol. The van der Waals surface area contributed by atoms with E-state index in [-0.39, 0.29) is 24.3 Å². The molecule has 5 atom stereocenters. The van der Waals surface area contributed by atoms with Crippen LogP contribution in [0.4, 0.5) is 0 Å². The molecule has 8 heteroatoms. The van der Waals surface area contributed by atoms with Gasteiger partial charge in [-0.25, -0.2) is 0 Å². The molecule has 1 unspecified atom stereocenters. The number of benzene rings is 1. The summed E-state index contributed by atoms with van der Waals surface area (Å²) in [6, 6.07) is 9.08. The summed E-state index contributed by atoms with van der Waals surface area (Å²) in [6.45, 7) is 6.61. The van der Waals surface area contributed by atoms with Crippen molar-refractivity contribution in [1.82, 2.24) is 14.7 Å². The lowest BCUT2D eigenvalue weighted by molar-refractivity contribution is -0.153. The Morgan fingerprint density at radius 2 is 1.54 bits per heavy atom. The molecule has 1 aromatic rings. The summed E-state index contributed by atoms with van der Waals surface area (Å²) in [4.78, 5) is 48.4. The number of carbonyl (C=O) groups is 3. The number of likely N-dealkylation sites (tertiary alicyclic amines) is 1. The number of aliphatic hydroxyl groups excluding tert-OH is 1. The summed E-state index contributed by atoms with van der Waals surface area (Å²) < 4.78 is 6.92. The second kappa shape index (κ2) is 12.5. The van der Waals surface area contributed by atoms with Crippen LogP contribution in [0.25, 0.3) is 0 Å². The molecule has 222 valence electrons. The summed E-state index contributed by atoms with van der Waals surface area (Å²) in [5.41, 5.74) is -1.18. The van der Waals surface area contributed by atoms with Gasteiger partial charge in [0.05, 0.1) is 17.4 Å². The average molecular weight is 564 g/mol. The number of unbranched alkanes of at least 4 members (excludes halogenated alkanes) is 5. The Morgan fingerprint density at radius 1 is 0.829 bits per heavy atom. The van der Waals surface area contributed by atoms with E-state index in [0.29, 0.717) is 32.7 Å². The first-order chi connectivity index (χ1) is 19.9. The number of fused-ring (bicyclic) bond motifs is 2. The Morgan fingerprint density at radius 3 is 2.29 bits per heavy atom. The first-order valence-corrected chi connectivity index (χ1v) is 15.4. The average Bonchev–Trinajstić information content (AvgIpc) is 3.23. The van der Waals surface area contributed by atoms with Crippen molar-refractivity contribution in [2.24, 2.45) is 11.8 Å². The summed E-state index contributed by atoms with van der Waals surface area (Å²) in [7, 11) is 0. The zero-order chi connectivity index (χ0) is 29.0. The van der Waals surface area contributed by atoms with Crippen LogP contribution in [-0.2, 0) is 25.7 Å². The Hall–Kier alpha value is -2.97. The van der Waals surface area contributed by atoms with E-state index in [1.165, 1.54) is 0 Å². The van der Waals surface area contributed by atoms with Gasteiger partial charge in [0, 0.05) is 39.3 Å². The highest BCUT2D eigenvalue weighted by Crippen LogP contribution is 2.57. The number of hydrogen-bond donors (Lipinski definition) is 1. The molecule has 0 aromatic heterocycles. The molecule has 4 aliphatic heterocycles. The van der Waals surface area contributed by atoms with Gasteiger partial charge in [-0.2, -0.15) is 0 Å². The van der Waals surface area contributed by atoms with E-state index < -0.39 is 29.1 Å². The summed E-state index contributed by atoms with van der Waals surface area (Å²) >= 11 is 0. The lowest BCUT2D eigenvalue weighted by atomic mass is 9.74. The highest BCUT2D eigenvalue weighted by atomic mass is 16.5. The van der Waals surface area contributed by atoms with Crippen LogP contribution < -0.4 is 0 Å². The van der Waals surface area contributed by atoms with Crippen LogP contribution in [0.3, 0.4) is 0 Å². The molecule has 0 saturated carbocycles. The number of rotatable bonds is 12. The Balaban J connectivity index is 1.49. The van der Waals surface area contributed by atoms with Gasteiger partial charge in [-0.3, -0.25) is 14.4 Å². The van der Waals surface area contributed by atoms with E-state index in [9.17, 15) is 19.5 Å². The molecule has 8 nitrogen and oxygen atoms in total. The Labute approximate surface area is 244 Å². The smallest absolute Gasteiger partial charge is 0.249 e.